The van der Waals surface area contributed by atoms with Gasteiger partial charge in [-0.3, -0.25) is 30.6 Å². The molecule has 0 fully saturated rings. The smallest absolute Gasteiger partial charge is 0.269 e. The Balaban J connectivity index is 1.51. The normalized spacial score (nSPS) is 10.3. The molecular formula is C16H13N7O4S. The van der Waals surface area contributed by atoms with Gasteiger partial charge >= 0.3 is 0 Å². The number of nitrogens with zero attached hydrogens (tertiary/aromatic N) is 5. The molecule has 2 amide bonds. The second-order valence-electron chi connectivity index (χ2n) is 5.30. The molecule has 3 aromatic rings. The van der Waals surface area contributed by atoms with E-state index in [2.05, 4.69) is 26.4 Å². The molecule has 0 unspecified atom stereocenters. The van der Waals surface area contributed by atoms with Crippen LogP contribution in [0.25, 0.3) is 5.69 Å². The van der Waals surface area contributed by atoms with Gasteiger partial charge < -0.3 is 0 Å². The predicted octanol–water partition coefficient (Wildman–Crippen LogP) is 1.12. The zero-order chi connectivity index (χ0) is 19.9. The Kier molecular flexibility index (Phi) is 5.91. The van der Waals surface area contributed by atoms with E-state index >= 15 is 0 Å². The van der Waals surface area contributed by atoms with Crippen LogP contribution in [0.3, 0.4) is 0 Å². The van der Waals surface area contributed by atoms with Crippen molar-refractivity contribution >= 4 is 29.3 Å². The number of amides is 2. The van der Waals surface area contributed by atoms with Gasteiger partial charge in [-0.1, -0.05) is 30.0 Å². The molecule has 0 saturated carbocycles. The van der Waals surface area contributed by atoms with Crippen LogP contribution >= 0.6 is 11.8 Å². The summed E-state index contributed by atoms with van der Waals surface area (Å²) in [7, 11) is 0. The Hall–Kier alpha value is -3.80. The van der Waals surface area contributed by atoms with Crippen molar-refractivity contribution in [2.24, 2.45) is 0 Å². The number of carbonyl (C=O) groups is 2. The minimum atomic E-state index is -0.595. The van der Waals surface area contributed by atoms with Crippen LogP contribution < -0.4 is 10.9 Å². The summed E-state index contributed by atoms with van der Waals surface area (Å²) in [6.07, 6.45) is 0. The van der Waals surface area contributed by atoms with E-state index < -0.39 is 16.7 Å². The second kappa shape index (κ2) is 8.73. The number of nitro benzene ring substituents is 1. The summed E-state index contributed by atoms with van der Waals surface area (Å²) < 4.78 is 1.49. The number of rotatable bonds is 6. The number of tetrazole rings is 1. The lowest BCUT2D eigenvalue weighted by atomic mass is 10.2. The first-order valence-corrected chi connectivity index (χ1v) is 8.83. The molecule has 2 N–H and O–H groups in total. The van der Waals surface area contributed by atoms with Crippen LogP contribution in [0.15, 0.2) is 59.8 Å². The van der Waals surface area contributed by atoms with E-state index in [1.54, 1.807) is 0 Å². The van der Waals surface area contributed by atoms with Crippen molar-refractivity contribution in [3.05, 3.63) is 70.3 Å². The average Bonchev–Trinajstić information content (AvgIpc) is 3.20. The van der Waals surface area contributed by atoms with Gasteiger partial charge in [0.15, 0.2) is 0 Å². The number of carbonyl (C=O) groups excluding carboxylic acids is 2. The summed E-state index contributed by atoms with van der Waals surface area (Å²) in [6.45, 7) is 0. The molecule has 142 valence electrons. The van der Waals surface area contributed by atoms with E-state index in [0.29, 0.717) is 5.16 Å². The molecule has 3 rings (SSSR count). The Bertz CT molecular complexity index is 992. The molecule has 11 nitrogen and oxygen atoms in total. The highest BCUT2D eigenvalue weighted by atomic mass is 32.2. The molecule has 2 aromatic carbocycles. The van der Waals surface area contributed by atoms with Crippen molar-refractivity contribution < 1.29 is 14.5 Å². The van der Waals surface area contributed by atoms with Gasteiger partial charge in [0.25, 0.3) is 11.6 Å². The quantitative estimate of drug-likeness (QED) is 0.356. The predicted molar refractivity (Wildman–Crippen MR) is 98.6 cm³/mol. The lowest BCUT2D eigenvalue weighted by molar-refractivity contribution is -0.384. The van der Waals surface area contributed by atoms with Crippen molar-refractivity contribution in [2.45, 2.75) is 5.16 Å². The summed E-state index contributed by atoms with van der Waals surface area (Å²) in [5.74, 6) is -1.10. The topological polar surface area (TPSA) is 145 Å². The van der Waals surface area contributed by atoms with Crippen molar-refractivity contribution in [3.8, 4) is 5.69 Å². The fourth-order valence-electron chi connectivity index (χ4n) is 2.10. The minimum Gasteiger partial charge on any atom is -0.272 e. The highest BCUT2D eigenvalue weighted by Gasteiger charge is 2.13. The number of aromatic nitrogens is 4. The first-order chi connectivity index (χ1) is 13.5. The molecule has 0 atom stereocenters. The van der Waals surface area contributed by atoms with Crippen LogP contribution in [0, 0.1) is 10.1 Å². The van der Waals surface area contributed by atoms with E-state index in [1.165, 1.54) is 28.9 Å². The van der Waals surface area contributed by atoms with Gasteiger partial charge in [-0.25, -0.2) is 0 Å². The Morgan fingerprint density at radius 3 is 2.46 bits per heavy atom. The number of nitro groups is 1. The summed E-state index contributed by atoms with van der Waals surface area (Å²) in [5.41, 5.74) is 5.31. The summed E-state index contributed by atoms with van der Waals surface area (Å²) in [6, 6.07) is 14.2. The van der Waals surface area contributed by atoms with E-state index in [9.17, 15) is 19.7 Å². The van der Waals surface area contributed by atoms with E-state index in [0.717, 1.165) is 17.4 Å². The highest BCUT2D eigenvalue weighted by molar-refractivity contribution is 7.99. The van der Waals surface area contributed by atoms with Crippen LogP contribution in [-0.2, 0) is 4.79 Å². The molecule has 0 aliphatic carbocycles. The van der Waals surface area contributed by atoms with Crippen molar-refractivity contribution in [1.29, 1.82) is 0 Å². The second-order valence-corrected chi connectivity index (χ2v) is 6.25. The number of thioether (sulfide) groups is 1. The lowest BCUT2D eigenvalue weighted by Gasteiger charge is -2.07. The summed E-state index contributed by atoms with van der Waals surface area (Å²) >= 11 is 1.10. The van der Waals surface area contributed by atoms with Crippen LogP contribution in [0.5, 0.6) is 0 Å². The third-order valence-corrected chi connectivity index (χ3v) is 4.35. The molecule has 12 heteroatoms. The fourth-order valence-corrected chi connectivity index (χ4v) is 2.79. The number of hydrogen-bond acceptors (Lipinski definition) is 8. The highest BCUT2D eigenvalue weighted by Crippen LogP contribution is 2.17. The number of hydrazine groups is 1. The van der Waals surface area contributed by atoms with Crippen LogP contribution in [0.2, 0.25) is 0 Å². The van der Waals surface area contributed by atoms with Gasteiger partial charge in [0.1, 0.15) is 0 Å². The van der Waals surface area contributed by atoms with Crippen LogP contribution in [0.1, 0.15) is 10.4 Å². The third-order valence-electron chi connectivity index (χ3n) is 3.43. The molecule has 28 heavy (non-hydrogen) atoms. The molecule has 0 saturated heterocycles. The van der Waals surface area contributed by atoms with Gasteiger partial charge in [-0.05, 0) is 34.7 Å². The molecule has 0 radical (unpaired) electrons. The molecule has 0 aliphatic heterocycles. The van der Waals surface area contributed by atoms with E-state index in [1.807, 2.05) is 30.3 Å². The van der Waals surface area contributed by atoms with Gasteiger partial charge in [0.05, 0.1) is 16.4 Å². The number of hydrogen-bond donors (Lipinski definition) is 2. The monoisotopic (exact) mass is 399 g/mol. The summed E-state index contributed by atoms with van der Waals surface area (Å²) in [4.78, 5) is 34.0. The van der Waals surface area contributed by atoms with Gasteiger partial charge in [-0.2, -0.15) is 4.68 Å². The fraction of sp³-hybridized carbons (Fsp3) is 0.0625. The van der Waals surface area contributed by atoms with Gasteiger partial charge in [-0.15, -0.1) is 5.10 Å². The first kappa shape index (κ1) is 19.0. The maximum absolute atomic E-state index is 12.0. The number of para-hydroxylation sites is 1. The van der Waals surface area contributed by atoms with E-state index in [4.69, 9.17) is 0 Å². The number of benzene rings is 2. The summed E-state index contributed by atoms with van der Waals surface area (Å²) in [5, 5.41) is 22.4. The molecule has 0 spiro atoms. The zero-order valence-electron chi connectivity index (χ0n) is 14.2. The van der Waals surface area contributed by atoms with Gasteiger partial charge in [0.2, 0.25) is 11.1 Å². The third kappa shape index (κ3) is 4.67. The Morgan fingerprint density at radius 1 is 1.07 bits per heavy atom. The Morgan fingerprint density at radius 2 is 1.79 bits per heavy atom. The maximum Gasteiger partial charge on any atom is 0.269 e. The number of non-ortho nitro benzene ring substituents is 1. The first-order valence-electron chi connectivity index (χ1n) is 7.85. The van der Waals surface area contributed by atoms with Crippen LogP contribution in [0.4, 0.5) is 5.69 Å². The molecule has 1 heterocycles. The molecular weight excluding hydrogens is 386 g/mol. The minimum absolute atomic E-state index is 0.0340. The van der Waals surface area contributed by atoms with Crippen LogP contribution in [-0.4, -0.2) is 42.7 Å². The number of nitrogens with one attached hydrogen (secondary N) is 2. The zero-order valence-corrected chi connectivity index (χ0v) is 15.0. The molecule has 0 aliphatic rings. The van der Waals surface area contributed by atoms with Crippen molar-refractivity contribution in [3.63, 3.8) is 0 Å². The lowest BCUT2D eigenvalue weighted by Crippen LogP contribution is -2.42. The SMILES string of the molecule is O=C(CSc1nnnn1-c1ccccc1)NNC(=O)c1ccc([N+](=O)[O-])cc1. The standard InChI is InChI=1S/C16H13N7O4S/c24-14(17-18-15(25)11-6-8-13(9-7-11)23(26)27)10-28-16-19-20-21-22(16)12-4-2-1-3-5-12/h1-9H,10H2,(H,17,24)(H,18,25). The molecule has 0 bridgehead atoms. The molecule has 1 aromatic heterocycles. The average molecular weight is 399 g/mol. The maximum atomic E-state index is 12.0. The largest absolute Gasteiger partial charge is 0.272 e. The van der Waals surface area contributed by atoms with E-state index in [-0.39, 0.29) is 17.0 Å². The Labute approximate surface area is 162 Å². The van der Waals surface area contributed by atoms with Crippen molar-refractivity contribution in [1.82, 2.24) is 31.1 Å². The van der Waals surface area contributed by atoms with Gasteiger partial charge in [0, 0.05) is 17.7 Å². The van der Waals surface area contributed by atoms with Crippen molar-refractivity contribution in [2.75, 3.05) is 5.75 Å².